The molecule has 20 heavy (non-hydrogen) atoms. The van der Waals surface area contributed by atoms with Gasteiger partial charge in [-0.1, -0.05) is 6.07 Å². The van der Waals surface area contributed by atoms with Crippen molar-refractivity contribution < 1.29 is 22.0 Å². The highest BCUT2D eigenvalue weighted by atomic mass is 19.4. The minimum Gasteiger partial charge on any atom is -0.383 e. The maximum absolute atomic E-state index is 12.9. The molecule has 0 saturated carbocycles. The summed E-state index contributed by atoms with van der Waals surface area (Å²) in [6.07, 6.45) is -5.69. The molecule has 1 aliphatic rings. The van der Waals surface area contributed by atoms with Crippen LogP contribution in [0.15, 0.2) is 18.2 Å². The van der Waals surface area contributed by atoms with Gasteiger partial charge in [0.2, 0.25) is 0 Å². The van der Waals surface area contributed by atoms with Crippen LogP contribution in [-0.2, 0) is 6.18 Å². The summed E-state index contributed by atoms with van der Waals surface area (Å²) >= 11 is 0. The topological polar surface area (TPSA) is 24.1 Å². The first-order valence-electron chi connectivity index (χ1n) is 6.34. The normalized spacial score (nSPS) is 19.6. The first-order chi connectivity index (χ1) is 9.38. The van der Waals surface area contributed by atoms with Crippen LogP contribution >= 0.6 is 0 Å². The van der Waals surface area contributed by atoms with E-state index in [-0.39, 0.29) is 11.7 Å². The monoisotopic (exact) mass is 294 g/mol. The van der Waals surface area contributed by atoms with Gasteiger partial charge in [0.1, 0.15) is 0 Å². The largest absolute Gasteiger partial charge is 0.418 e. The molecule has 1 aliphatic heterocycles. The van der Waals surface area contributed by atoms with Crippen molar-refractivity contribution in [2.24, 2.45) is 0 Å². The summed E-state index contributed by atoms with van der Waals surface area (Å²) in [6.45, 7) is 1.19. The standard InChI is InChI=1S/C13H15F5N2/c14-12(15)8-3-4-11(10(6-8)13(16,17)18)20-7-9-2-1-5-19-9/h3-4,6,9,12,19-20H,1-2,5,7H2. The third-order valence-electron chi connectivity index (χ3n) is 3.30. The Balaban J connectivity index is 2.17. The average Bonchev–Trinajstić information content (AvgIpc) is 2.88. The number of rotatable bonds is 4. The van der Waals surface area contributed by atoms with Crippen molar-refractivity contribution in [2.45, 2.75) is 31.5 Å². The molecule has 0 amide bonds. The molecule has 0 aliphatic carbocycles. The molecular formula is C13H15F5N2. The summed E-state index contributed by atoms with van der Waals surface area (Å²) in [4.78, 5) is 0. The predicted octanol–water partition coefficient (Wildman–Crippen LogP) is 3.81. The van der Waals surface area contributed by atoms with E-state index in [0.717, 1.165) is 31.5 Å². The predicted molar refractivity (Wildman–Crippen MR) is 65.9 cm³/mol. The summed E-state index contributed by atoms with van der Waals surface area (Å²) in [5, 5.41) is 5.85. The minimum absolute atomic E-state index is 0.117. The SMILES string of the molecule is FC(F)c1ccc(NCC2CCCN2)c(C(F)(F)F)c1. The minimum atomic E-state index is -4.66. The molecule has 1 aromatic carbocycles. The fourth-order valence-corrected chi connectivity index (χ4v) is 2.25. The molecular weight excluding hydrogens is 279 g/mol. The lowest BCUT2D eigenvalue weighted by atomic mass is 10.1. The van der Waals surface area contributed by atoms with Crippen LogP contribution in [0.3, 0.4) is 0 Å². The van der Waals surface area contributed by atoms with E-state index in [0.29, 0.717) is 12.6 Å². The van der Waals surface area contributed by atoms with E-state index in [1.807, 2.05) is 0 Å². The summed E-state index contributed by atoms with van der Waals surface area (Å²) in [5.41, 5.74) is -1.83. The van der Waals surface area contributed by atoms with Crippen molar-refractivity contribution >= 4 is 5.69 Å². The van der Waals surface area contributed by atoms with Gasteiger partial charge in [0.15, 0.2) is 0 Å². The fraction of sp³-hybridized carbons (Fsp3) is 0.538. The highest BCUT2D eigenvalue weighted by Gasteiger charge is 2.34. The van der Waals surface area contributed by atoms with Gasteiger partial charge in [-0.25, -0.2) is 8.78 Å². The summed E-state index contributed by atoms with van der Waals surface area (Å²) < 4.78 is 63.7. The zero-order valence-corrected chi connectivity index (χ0v) is 10.6. The third kappa shape index (κ3) is 3.59. The molecule has 1 saturated heterocycles. The van der Waals surface area contributed by atoms with E-state index in [1.165, 1.54) is 0 Å². The van der Waals surface area contributed by atoms with Gasteiger partial charge in [-0.15, -0.1) is 0 Å². The van der Waals surface area contributed by atoms with Gasteiger partial charge in [-0.2, -0.15) is 13.2 Å². The summed E-state index contributed by atoms with van der Waals surface area (Å²) in [5.74, 6) is 0. The van der Waals surface area contributed by atoms with Crippen LogP contribution in [-0.4, -0.2) is 19.1 Å². The number of halogens is 5. The molecule has 0 bridgehead atoms. The molecule has 0 aromatic heterocycles. The van der Waals surface area contributed by atoms with Crippen molar-refractivity contribution in [2.75, 3.05) is 18.4 Å². The number of alkyl halides is 5. The van der Waals surface area contributed by atoms with Crippen LogP contribution in [0.2, 0.25) is 0 Å². The molecule has 2 rings (SSSR count). The van der Waals surface area contributed by atoms with Crippen LogP contribution in [0, 0.1) is 0 Å². The van der Waals surface area contributed by atoms with Crippen LogP contribution < -0.4 is 10.6 Å². The van der Waals surface area contributed by atoms with Gasteiger partial charge in [-0.05, 0) is 31.5 Å². The average molecular weight is 294 g/mol. The number of benzene rings is 1. The molecule has 0 spiro atoms. The molecule has 1 aromatic rings. The fourth-order valence-electron chi connectivity index (χ4n) is 2.25. The number of nitrogens with one attached hydrogen (secondary N) is 2. The van der Waals surface area contributed by atoms with E-state index in [9.17, 15) is 22.0 Å². The number of hydrogen-bond acceptors (Lipinski definition) is 2. The number of hydrogen-bond donors (Lipinski definition) is 2. The second kappa shape index (κ2) is 5.95. The molecule has 7 heteroatoms. The Labute approximate surface area is 113 Å². The Morgan fingerprint density at radius 1 is 1.30 bits per heavy atom. The molecule has 1 unspecified atom stereocenters. The Hall–Kier alpha value is -1.37. The van der Waals surface area contributed by atoms with Crippen molar-refractivity contribution in [3.05, 3.63) is 29.3 Å². The Bertz CT molecular complexity index is 453. The lowest BCUT2D eigenvalue weighted by Gasteiger charge is -2.18. The van der Waals surface area contributed by atoms with E-state index >= 15 is 0 Å². The Kier molecular flexibility index (Phi) is 4.47. The van der Waals surface area contributed by atoms with Crippen molar-refractivity contribution in [3.63, 3.8) is 0 Å². The Morgan fingerprint density at radius 2 is 2.05 bits per heavy atom. The van der Waals surface area contributed by atoms with Gasteiger partial charge in [0, 0.05) is 23.8 Å². The summed E-state index contributed by atoms with van der Waals surface area (Å²) in [6, 6.07) is 2.71. The highest BCUT2D eigenvalue weighted by molar-refractivity contribution is 5.54. The van der Waals surface area contributed by atoms with E-state index in [4.69, 9.17) is 0 Å². The summed E-state index contributed by atoms with van der Waals surface area (Å²) in [7, 11) is 0. The van der Waals surface area contributed by atoms with Gasteiger partial charge in [-0.3, -0.25) is 0 Å². The maximum Gasteiger partial charge on any atom is 0.418 e. The molecule has 0 radical (unpaired) electrons. The van der Waals surface area contributed by atoms with Crippen LogP contribution in [0.25, 0.3) is 0 Å². The molecule has 1 atom stereocenters. The first-order valence-corrected chi connectivity index (χ1v) is 6.34. The van der Waals surface area contributed by atoms with Crippen LogP contribution in [0.4, 0.5) is 27.6 Å². The zero-order valence-electron chi connectivity index (χ0n) is 10.6. The van der Waals surface area contributed by atoms with Gasteiger partial charge in [0.25, 0.3) is 6.43 Å². The van der Waals surface area contributed by atoms with Crippen molar-refractivity contribution in [3.8, 4) is 0 Å². The molecule has 2 nitrogen and oxygen atoms in total. The second-order valence-electron chi connectivity index (χ2n) is 4.78. The molecule has 112 valence electrons. The molecule has 1 fully saturated rings. The van der Waals surface area contributed by atoms with Gasteiger partial charge in [0.05, 0.1) is 5.56 Å². The smallest absolute Gasteiger partial charge is 0.383 e. The quantitative estimate of drug-likeness (QED) is 0.825. The van der Waals surface area contributed by atoms with Gasteiger partial charge < -0.3 is 10.6 Å². The van der Waals surface area contributed by atoms with E-state index in [1.54, 1.807) is 0 Å². The Morgan fingerprint density at radius 3 is 2.60 bits per heavy atom. The van der Waals surface area contributed by atoms with E-state index < -0.39 is 23.7 Å². The maximum atomic E-state index is 12.9. The lowest BCUT2D eigenvalue weighted by Crippen LogP contribution is -2.29. The van der Waals surface area contributed by atoms with Crippen molar-refractivity contribution in [1.82, 2.24) is 5.32 Å². The van der Waals surface area contributed by atoms with Crippen LogP contribution in [0.1, 0.15) is 30.4 Å². The van der Waals surface area contributed by atoms with Crippen molar-refractivity contribution in [1.29, 1.82) is 0 Å². The van der Waals surface area contributed by atoms with Gasteiger partial charge >= 0.3 is 6.18 Å². The lowest BCUT2D eigenvalue weighted by molar-refractivity contribution is -0.137. The second-order valence-corrected chi connectivity index (χ2v) is 4.78. The number of anilines is 1. The zero-order chi connectivity index (χ0) is 14.8. The first kappa shape index (κ1) is 15.0. The van der Waals surface area contributed by atoms with Crippen LogP contribution in [0.5, 0.6) is 0 Å². The molecule has 2 N–H and O–H groups in total. The third-order valence-corrected chi connectivity index (χ3v) is 3.30. The van der Waals surface area contributed by atoms with E-state index in [2.05, 4.69) is 10.6 Å². The molecule has 1 heterocycles. The highest BCUT2D eigenvalue weighted by Crippen LogP contribution is 2.37.